The number of nitrogens with two attached hydrogens (primary N) is 1. The van der Waals surface area contributed by atoms with Crippen LogP contribution in [0.25, 0.3) is 0 Å². The molecule has 0 aliphatic heterocycles. The highest BCUT2D eigenvalue weighted by molar-refractivity contribution is 7.13. The van der Waals surface area contributed by atoms with Crippen LogP contribution in [0.2, 0.25) is 0 Å². The van der Waals surface area contributed by atoms with Crippen molar-refractivity contribution in [2.24, 2.45) is 0 Å². The van der Waals surface area contributed by atoms with Gasteiger partial charge in [0, 0.05) is 18.0 Å². The number of carboxylic acid groups (broad SMARTS) is 1. The summed E-state index contributed by atoms with van der Waals surface area (Å²) in [5, 5.41) is 24.3. The molecule has 0 saturated carbocycles. The number of rotatable bonds is 7. The van der Waals surface area contributed by atoms with Crippen LogP contribution in [0.4, 0.5) is 5.13 Å². The van der Waals surface area contributed by atoms with E-state index in [1.54, 1.807) is 29.6 Å². The van der Waals surface area contributed by atoms with Gasteiger partial charge < -0.3 is 21.3 Å². The second-order valence-electron chi connectivity index (χ2n) is 5.14. The number of aromatic nitrogens is 1. The van der Waals surface area contributed by atoms with Crippen LogP contribution in [0.1, 0.15) is 34.6 Å². The van der Waals surface area contributed by atoms with Gasteiger partial charge in [-0.25, -0.2) is 9.78 Å². The van der Waals surface area contributed by atoms with Gasteiger partial charge in [-0.3, -0.25) is 0 Å². The zero-order chi connectivity index (χ0) is 16.1. The maximum absolute atomic E-state index is 10.8. The fraction of sp³-hybridized carbons (Fsp3) is 0.333. The van der Waals surface area contributed by atoms with Gasteiger partial charge in [0.25, 0.3) is 0 Å². The smallest absolute Gasteiger partial charge is 0.335 e. The molecule has 2 aromatic rings. The highest BCUT2D eigenvalue weighted by Gasteiger charge is 2.13. The normalized spacial score (nSPS) is 12.6. The van der Waals surface area contributed by atoms with E-state index in [0.29, 0.717) is 17.4 Å². The second-order valence-corrected chi connectivity index (χ2v) is 6.03. The highest BCUT2D eigenvalue weighted by atomic mass is 35.5. The van der Waals surface area contributed by atoms with Crippen LogP contribution in [0.15, 0.2) is 29.6 Å². The first-order valence-electron chi connectivity index (χ1n) is 6.90. The predicted molar refractivity (Wildman–Crippen MR) is 101 cm³/mol. The summed E-state index contributed by atoms with van der Waals surface area (Å²) in [5.41, 5.74) is 7.44. The Bertz CT molecular complexity index is 637. The Balaban J connectivity index is 0.00000264. The third-order valence-corrected chi connectivity index (χ3v) is 3.98. The lowest BCUT2D eigenvalue weighted by Gasteiger charge is -2.16. The Morgan fingerprint density at radius 3 is 2.46 bits per heavy atom. The molecule has 2 unspecified atom stereocenters. The number of aliphatic hydroxyl groups is 1. The van der Waals surface area contributed by atoms with Crippen molar-refractivity contribution in [2.45, 2.75) is 25.5 Å². The Kier molecular flexibility index (Phi) is 9.88. The summed E-state index contributed by atoms with van der Waals surface area (Å²) in [6, 6.07) is 6.94. The minimum absolute atomic E-state index is 0. The molecular formula is C15H21Cl2N3O3S. The van der Waals surface area contributed by atoms with Gasteiger partial charge in [0.1, 0.15) is 6.10 Å². The van der Waals surface area contributed by atoms with Gasteiger partial charge in [0.15, 0.2) is 5.13 Å². The molecule has 1 heterocycles. The Morgan fingerprint density at radius 1 is 1.33 bits per heavy atom. The lowest BCUT2D eigenvalue weighted by molar-refractivity contribution is 0.0697. The molecule has 0 saturated heterocycles. The Morgan fingerprint density at radius 2 is 1.96 bits per heavy atom. The molecule has 2 atom stereocenters. The lowest BCUT2D eigenvalue weighted by Crippen LogP contribution is -2.32. The minimum atomic E-state index is -0.927. The maximum atomic E-state index is 10.8. The SMILES string of the molecule is CC(Cc1ccc(C(=O)O)cc1)NCC(O)c1csc(N)n1.Cl.Cl. The van der Waals surface area contributed by atoms with Crippen LogP contribution in [-0.2, 0) is 6.42 Å². The van der Waals surface area contributed by atoms with Crippen LogP contribution in [0, 0.1) is 0 Å². The fourth-order valence-corrected chi connectivity index (χ4v) is 2.69. The molecule has 0 bridgehead atoms. The molecule has 24 heavy (non-hydrogen) atoms. The van der Waals surface area contributed by atoms with Crippen molar-refractivity contribution in [3.63, 3.8) is 0 Å². The first-order chi connectivity index (χ1) is 10.5. The Labute approximate surface area is 156 Å². The third kappa shape index (κ3) is 6.62. The van der Waals surface area contributed by atoms with Crippen molar-refractivity contribution in [1.82, 2.24) is 10.3 Å². The van der Waals surface area contributed by atoms with Crippen LogP contribution in [0.5, 0.6) is 0 Å². The van der Waals surface area contributed by atoms with E-state index < -0.39 is 12.1 Å². The van der Waals surface area contributed by atoms with Crippen LogP contribution < -0.4 is 11.1 Å². The number of hydrogen-bond acceptors (Lipinski definition) is 6. The van der Waals surface area contributed by atoms with Crippen LogP contribution >= 0.6 is 36.2 Å². The average molecular weight is 394 g/mol. The molecule has 134 valence electrons. The quantitative estimate of drug-likeness (QED) is 0.575. The topological polar surface area (TPSA) is 108 Å². The molecule has 0 aliphatic rings. The number of carboxylic acids is 1. The zero-order valence-corrected chi connectivity index (χ0v) is 15.5. The maximum Gasteiger partial charge on any atom is 0.335 e. The molecule has 2 rings (SSSR count). The summed E-state index contributed by atoms with van der Waals surface area (Å²) in [7, 11) is 0. The number of carbonyl (C=O) groups is 1. The molecule has 9 heteroatoms. The molecule has 1 aromatic carbocycles. The molecule has 0 amide bonds. The Hall–Kier alpha value is -1.38. The molecule has 6 nitrogen and oxygen atoms in total. The number of hydrogen-bond donors (Lipinski definition) is 4. The van der Waals surface area contributed by atoms with Crippen LogP contribution in [0.3, 0.4) is 0 Å². The van der Waals surface area contributed by atoms with Crippen LogP contribution in [-0.4, -0.2) is 33.8 Å². The number of aliphatic hydroxyl groups excluding tert-OH is 1. The number of benzene rings is 1. The first-order valence-corrected chi connectivity index (χ1v) is 7.78. The van der Waals surface area contributed by atoms with Crippen molar-refractivity contribution in [3.05, 3.63) is 46.5 Å². The first kappa shape index (κ1) is 22.6. The van der Waals surface area contributed by atoms with E-state index in [1.807, 2.05) is 6.92 Å². The molecule has 0 radical (unpaired) electrons. The van der Waals surface area contributed by atoms with E-state index in [0.717, 1.165) is 12.0 Å². The molecule has 0 fully saturated rings. The summed E-state index contributed by atoms with van der Waals surface area (Å²) in [4.78, 5) is 14.8. The van der Waals surface area contributed by atoms with E-state index in [1.165, 1.54) is 11.3 Å². The number of aromatic carboxylic acids is 1. The summed E-state index contributed by atoms with van der Waals surface area (Å²) < 4.78 is 0. The number of nitrogen functional groups attached to an aromatic ring is 1. The standard InChI is InChI=1S/C15H19N3O3S.2ClH/c1-9(6-10-2-4-11(5-3-10)14(20)21)17-7-13(19)12-8-22-15(16)18-12;;/h2-5,8-9,13,17,19H,6-7H2,1H3,(H2,16,18)(H,20,21);2*1H. The van der Waals surface area contributed by atoms with E-state index in [-0.39, 0.29) is 36.4 Å². The largest absolute Gasteiger partial charge is 0.478 e. The minimum Gasteiger partial charge on any atom is -0.478 e. The van der Waals surface area contributed by atoms with E-state index in [9.17, 15) is 9.90 Å². The summed E-state index contributed by atoms with van der Waals surface area (Å²) in [5.74, 6) is -0.927. The highest BCUT2D eigenvalue weighted by Crippen LogP contribution is 2.17. The van der Waals surface area contributed by atoms with Crippen molar-refractivity contribution in [1.29, 1.82) is 0 Å². The molecule has 5 N–H and O–H groups in total. The van der Waals surface area contributed by atoms with Crippen molar-refractivity contribution < 1.29 is 15.0 Å². The van der Waals surface area contributed by atoms with Gasteiger partial charge in [-0.15, -0.1) is 36.2 Å². The number of thiazole rings is 1. The monoisotopic (exact) mass is 393 g/mol. The number of nitrogens with one attached hydrogen (secondary N) is 1. The van der Waals surface area contributed by atoms with Gasteiger partial charge in [0.05, 0.1) is 11.3 Å². The lowest BCUT2D eigenvalue weighted by atomic mass is 10.0. The van der Waals surface area contributed by atoms with Gasteiger partial charge in [-0.2, -0.15) is 0 Å². The predicted octanol–water partition coefficient (Wildman–Crippen LogP) is 2.52. The van der Waals surface area contributed by atoms with Gasteiger partial charge in [-0.1, -0.05) is 12.1 Å². The average Bonchev–Trinajstić information content (AvgIpc) is 2.92. The van der Waals surface area contributed by atoms with Gasteiger partial charge in [0.2, 0.25) is 0 Å². The van der Waals surface area contributed by atoms with Crippen molar-refractivity contribution in [3.8, 4) is 0 Å². The van der Waals surface area contributed by atoms with Gasteiger partial charge in [-0.05, 0) is 31.0 Å². The zero-order valence-electron chi connectivity index (χ0n) is 13.0. The molecule has 0 spiro atoms. The summed E-state index contributed by atoms with van der Waals surface area (Å²) >= 11 is 1.30. The van der Waals surface area contributed by atoms with Crippen molar-refractivity contribution in [2.75, 3.05) is 12.3 Å². The number of anilines is 1. The van der Waals surface area contributed by atoms with E-state index in [2.05, 4.69) is 10.3 Å². The van der Waals surface area contributed by atoms with Crippen molar-refractivity contribution >= 4 is 47.3 Å². The van der Waals surface area contributed by atoms with Gasteiger partial charge >= 0.3 is 5.97 Å². The fourth-order valence-electron chi connectivity index (χ4n) is 2.08. The third-order valence-electron chi connectivity index (χ3n) is 3.28. The number of halogens is 2. The molecular weight excluding hydrogens is 373 g/mol. The van der Waals surface area contributed by atoms with E-state index >= 15 is 0 Å². The summed E-state index contributed by atoms with van der Waals surface area (Å²) in [6.45, 7) is 2.39. The second kappa shape index (κ2) is 10.5. The van der Waals surface area contributed by atoms with E-state index in [4.69, 9.17) is 10.8 Å². The molecule has 0 aliphatic carbocycles. The summed E-state index contributed by atoms with van der Waals surface area (Å²) in [6.07, 6.45) is 0.0524. The number of nitrogens with zero attached hydrogens (tertiary/aromatic N) is 1. The molecule has 1 aromatic heterocycles.